The van der Waals surface area contributed by atoms with Crippen molar-refractivity contribution in [1.82, 2.24) is 0 Å². The van der Waals surface area contributed by atoms with Crippen LogP contribution in [0, 0.1) is 0 Å². The van der Waals surface area contributed by atoms with Gasteiger partial charge in [-0.25, -0.2) is 0 Å². The maximum atomic E-state index is 10.4. The van der Waals surface area contributed by atoms with Gasteiger partial charge in [-0.15, -0.1) is 11.8 Å². The molecule has 70 valence electrons. The number of carbonyl (C=O) groups excluding carboxylic acids is 1. The topological polar surface area (TPSA) is 26.3 Å². The second-order valence-electron chi connectivity index (χ2n) is 2.61. The summed E-state index contributed by atoms with van der Waals surface area (Å²) in [5, 5.41) is -0.0312. The van der Waals surface area contributed by atoms with Crippen molar-refractivity contribution in [1.29, 1.82) is 0 Å². The Bertz CT molecular complexity index is 286. The van der Waals surface area contributed by atoms with Crippen LogP contribution in [0.2, 0.25) is 0 Å². The van der Waals surface area contributed by atoms with Crippen LogP contribution in [-0.2, 0) is 4.79 Å². The number of hydrogen-bond acceptors (Lipinski definition) is 3. The van der Waals surface area contributed by atoms with Gasteiger partial charge in [0, 0.05) is 0 Å². The molecule has 0 aliphatic rings. The second-order valence-corrected chi connectivity index (χ2v) is 4.03. The fourth-order valence-corrected chi connectivity index (χ4v) is 1.82. The smallest absolute Gasteiger partial charge is 0.133 e. The van der Waals surface area contributed by atoms with Crippen molar-refractivity contribution in [2.24, 2.45) is 0 Å². The van der Waals surface area contributed by atoms with Gasteiger partial charge in [0.15, 0.2) is 0 Å². The highest BCUT2D eigenvalue weighted by Gasteiger charge is 2.06. The molecule has 0 amide bonds. The van der Waals surface area contributed by atoms with Crippen LogP contribution in [0.4, 0.5) is 0 Å². The van der Waals surface area contributed by atoms with Crippen molar-refractivity contribution >= 4 is 18.0 Å². The first-order valence-corrected chi connectivity index (χ1v) is 4.91. The highest BCUT2D eigenvalue weighted by Crippen LogP contribution is 2.30. The lowest BCUT2D eigenvalue weighted by Gasteiger charge is -2.08. The minimum atomic E-state index is -0.0312. The summed E-state index contributed by atoms with van der Waals surface area (Å²) in [7, 11) is 1.63. The highest BCUT2D eigenvalue weighted by atomic mass is 32.2. The Labute approximate surface area is 82.3 Å². The maximum absolute atomic E-state index is 10.4. The van der Waals surface area contributed by atoms with Gasteiger partial charge in [0.05, 0.1) is 17.3 Å². The van der Waals surface area contributed by atoms with Gasteiger partial charge < -0.3 is 9.53 Å². The zero-order chi connectivity index (χ0) is 9.68. The van der Waals surface area contributed by atoms with Crippen molar-refractivity contribution < 1.29 is 9.53 Å². The number of hydrogen-bond donors (Lipinski definition) is 0. The largest absolute Gasteiger partial charge is 0.496 e. The Kier molecular flexibility index (Phi) is 3.83. The standard InChI is InChI=1S/C10H12O2S/c1-8(7-11)13-10-6-4-3-5-9(10)12-2/h3-8H,1-2H3. The lowest BCUT2D eigenvalue weighted by Crippen LogP contribution is -1.97. The van der Waals surface area contributed by atoms with Crippen molar-refractivity contribution in [3.63, 3.8) is 0 Å². The molecule has 13 heavy (non-hydrogen) atoms. The molecule has 0 aromatic heterocycles. The molecule has 1 aromatic carbocycles. The van der Waals surface area contributed by atoms with Gasteiger partial charge in [-0.3, -0.25) is 0 Å². The van der Waals surface area contributed by atoms with Crippen LogP contribution in [0.5, 0.6) is 5.75 Å². The molecule has 0 radical (unpaired) electrons. The van der Waals surface area contributed by atoms with Crippen LogP contribution in [-0.4, -0.2) is 18.6 Å². The number of rotatable bonds is 4. The molecule has 0 N–H and O–H groups in total. The first-order valence-electron chi connectivity index (χ1n) is 4.03. The van der Waals surface area contributed by atoms with E-state index in [4.69, 9.17) is 4.74 Å². The van der Waals surface area contributed by atoms with Gasteiger partial charge in [-0.2, -0.15) is 0 Å². The molecule has 3 heteroatoms. The van der Waals surface area contributed by atoms with Crippen molar-refractivity contribution in [2.75, 3.05) is 7.11 Å². The van der Waals surface area contributed by atoms with E-state index in [0.29, 0.717) is 0 Å². The monoisotopic (exact) mass is 196 g/mol. The third-order valence-electron chi connectivity index (χ3n) is 1.57. The lowest BCUT2D eigenvalue weighted by atomic mass is 10.3. The molecule has 0 spiro atoms. The van der Waals surface area contributed by atoms with Crippen LogP contribution >= 0.6 is 11.8 Å². The van der Waals surface area contributed by atoms with Gasteiger partial charge in [0.1, 0.15) is 12.0 Å². The van der Waals surface area contributed by atoms with E-state index in [-0.39, 0.29) is 5.25 Å². The van der Waals surface area contributed by atoms with Crippen LogP contribution in [0.1, 0.15) is 6.92 Å². The Balaban J connectivity index is 2.80. The average molecular weight is 196 g/mol. The fraction of sp³-hybridized carbons (Fsp3) is 0.300. The summed E-state index contributed by atoms with van der Waals surface area (Å²) in [6.07, 6.45) is 0.928. The Morgan fingerprint density at radius 1 is 1.46 bits per heavy atom. The van der Waals surface area contributed by atoms with Crippen LogP contribution < -0.4 is 4.74 Å². The summed E-state index contributed by atoms with van der Waals surface area (Å²) >= 11 is 1.50. The van der Waals surface area contributed by atoms with Gasteiger partial charge in [-0.1, -0.05) is 12.1 Å². The van der Waals surface area contributed by atoms with E-state index >= 15 is 0 Å². The van der Waals surface area contributed by atoms with E-state index in [2.05, 4.69) is 0 Å². The SMILES string of the molecule is COc1ccccc1SC(C)C=O. The molecule has 0 fully saturated rings. The Morgan fingerprint density at radius 3 is 2.77 bits per heavy atom. The van der Waals surface area contributed by atoms with Crippen LogP contribution in [0.15, 0.2) is 29.2 Å². The number of methoxy groups -OCH3 is 1. The van der Waals surface area contributed by atoms with Gasteiger partial charge in [-0.05, 0) is 19.1 Å². The molecular weight excluding hydrogens is 184 g/mol. The maximum Gasteiger partial charge on any atom is 0.133 e. The normalized spacial score (nSPS) is 12.2. The van der Waals surface area contributed by atoms with E-state index in [0.717, 1.165) is 16.9 Å². The number of benzene rings is 1. The predicted molar refractivity (Wildman–Crippen MR) is 54.4 cm³/mol. The first-order chi connectivity index (χ1) is 6.27. The predicted octanol–water partition coefficient (Wildman–Crippen LogP) is 2.37. The van der Waals surface area contributed by atoms with Gasteiger partial charge >= 0.3 is 0 Å². The highest BCUT2D eigenvalue weighted by molar-refractivity contribution is 8.00. The quantitative estimate of drug-likeness (QED) is 0.546. The summed E-state index contributed by atoms with van der Waals surface area (Å²) in [6, 6.07) is 7.68. The molecular formula is C10H12O2S. The molecule has 1 atom stereocenters. The van der Waals surface area contributed by atoms with Gasteiger partial charge in [0.2, 0.25) is 0 Å². The van der Waals surface area contributed by atoms with E-state index < -0.39 is 0 Å². The molecule has 0 bridgehead atoms. The number of carbonyl (C=O) groups is 1. The zero-order valence-electron chi connectivity index (χ0n) is 7.69. The minimum absolute atomic E-state index is 0.0312. The van der Waals surface area contributed by atoms with Crippen LogP contribution in [0.3, 0.4) is 0 Å². The molecule has 1 aromatic rings. The summed E-state index contributed by atoms with van der Waals surface area (Å²) in [5.41, 5.74) is 0. The number of aldehydes is 1. The molecule has 1 rings (SSSR count). The third-order valence-corrected chi connectivity index (χ3v) is 2.65. The Hall–Kier alpha value is -0.960. The molecule has 0 heterocycles. The van der Waals surface area contributed by atoms with Crippen molar-refractivity contribution in [3.8, 4) is 5.75 Å². The lowest BCUT2D eigenvalue weighted by molar-refractivity contribution is -0.107. The average Bonchev–Trinajstić information content (AvgIpc) is 2.18. The van der Waals surface area contributed by atoms with Crippen molar-refractivity contribution in [3.05, 3.63) is 24.3 Å². The minimum Gasteiger partial charge on any atom is -0.496 e. The first kappa shape index (κ1) is 10.1. The van der Waals surface area contributed by atoms with E-state index in [1.54, 1.807) is 7.11 Å². The van der Waals surface area contributed by atoms with Gasteiger partial charge in [0.25, 0.3) is 0 Å². The number of para-hydroxylation sites is 1. The molecule has 1 unspecified atom stereocenters. The van der Waals surface area contributed by atoms with E-state index in [1.807, 2.05) is 31.2 Å². The summed E-state index contributed by atoms with van der Waals surface area (Å²) < 4.78 is 5.15. The zero-order valence-corrected chi connectivity index (χ0v) is 8.51. The summed E-state index contributed by atoms with van der Waals surface area (Å²) in [5.74, 6) is 0.821. The van der Waals surface area contributed by atoms with E-state index in [1.165, 1.54) is 11.8 Å². The number of ether oxygens (including phenoxy) is 1. The molecule has 0 saturated heterocycles. The summed E-state index contributed by atoms with van der Waals surface area (Å²) in [6.45, 7) is 1.87. The second kappa shape index (κ2) is 4.92. The van der Waals surface area contributed by atoms with E-state index in [9.17, 15) is 4.79 Å². The summed E-state index contributed by atoms with van der Waals surface area (Å²) in [4.78, 5) is 11.5. The molecule has 0 aliphatic carbocycles. The molecule has 0 saturated carbocycles. The Morgan fingerprint density at radius 2 is 2.15 bits per heavy atom. The third kappa shape index (κ3) is 2.77. The van der Waals surface area contributed by atoms with Crippen LogP contribution in [0.25, 0.3) is 0 Å². The van der Waals surface area contributed by atoms with Crippen molar-refractivity contribution in [2.45, 2.75) is 17.1 Å². The molecule has 2 nitrogen and oxygen atoms in total. The molecule has 0 aliphatic heterocycles. The number of thioether (sulfide) groups is 1. The fourth-order valence-electron chi connectivity index (χ4n) is 0.944.